The molecule has 4 heteroatoms. The van der Waals surface area contributed by atoms with Crippen molar-refractivity contribution in [1.29, 1.82) is 0 Å². The van der Waals surface area contributed by atoms with Gasteiger partial charge >= 0.3 is 0 Å². The molecule has 0 atom stereocenters. The molecule has 3 rings (SSSR count). The van der Waals surface area contributed by atoms with Gasteiger partial charge in [0.15, 0.2) is 0 Å². The van der Waals surface area contributed by atoms with Crippen molar-refractivity contribution in [2.75, 3.05) is 25.0 Å². The summed E-state index contributed by atoms with van der Waals surface area (Å²) in [6, 6.07) is 14.4. The fraction of sp³-hybridized carbons (Fsp3) is 0.455. The van der Waals surface area contributed by atoms with Crippen LogP contribution in [0, 0.1) is 5.92 Å². The number of carbonyl (C=O) groups excluding carboxylic acids is 1. The number of unbranched alkanes of at least 4 members (excludes halogenated alkanes) is 1. The zero-order valence-corrected chi connectivity index (χ0v) is 15.7. The molecule has 1 N–H and O–H groups in total. The summed E-state index contributed by atoms with van der Waals surface area (Å²) in [6.45, 7) is 4.75. The largest absolute Gasteiger partial charge is 0.370 e. The molecule has 4 nitrogen and oxygen atoms in total. The van der Waals surface area contributed by atoms with Gasteiger partial charge in [-0.3, -0.25) is 4.79 Å². The van der Waals surface area contributed by atoms with E-state index in [4.69, 9.17) is 0 Å². The molecule has 138 valence electrons. The van der Waals surface area contributed by atoms with Crippen molar-refractivity contribution in [3.05, 3.63) is 59.8 Å². The van der Waals surface area contributed by atoms with E-state index in [1.165, 1.54) is 5.56 Å². The minimum absolute atomic E-state index is 0.129. The Morgan fingerprint density at radius 2 is 1.96 bits per heavy atom. The van der Waals surface area contributed by atoms with Crippen molar-refractivity contribution < 1.29 is 4.79 Å². The quantitative estimate of drug-likeness (QED) is 0.753. The van der Waals surface area contributed by atoms with Gasteiger partial charge in [0.25, 0.3) is 5.91 Å². The smallest absolute Gasteiger partial charge is 0.254 e. The number of piperidine rings is 1. The molecule has 2 heterocycles. The Hall–Kier alpha value is -2.36. The van der Waals surface area contributed by atoms with E-state index < -0.39 is 0 Å². The Morgan fingerprint density at radius 3 is 2.69 bits per heavy atom. The number of nitrogens with zero attached hydrogens (tertiary/aromatic N) is 2. The second kappa shape index (κ2) is 9.37. The Kier molecular flexibility index (Phi) is 6.64. The summed E-state index contributed by atoms with van der Waals surface area (Å²) in [5, 5.41) is 3.30. The minimum atomic E-state index is 0.129. The van der Waals surface area contributed by atoms with Crippen molar-refractivity contribution in [2.24, 2.45) is 5.92 Å². The molecule has 0 aliphatic carbocycles. The highest BCUT2D eigenvalue weighted by Crippen LogP contribution is 2.23. The number of anilines is 1. The van der Waals surface area contributed by atoms with Crippen LogP contribution in [0.4, 0.5) is 5.82 Å². The first kappa shape index (κ1) is 18.4. The van der Waals surface area contributed by atoms with Crippen molar-refractivity contribution in [3.8, 4) is 0 Å². The lowest BCUT2D eigenvalue weighted by Crippen LogP contribution is -2.39. The van der Waals surface area contributed by atoms with Gasteiger partial charge in [0.2, 0.25) is 0 Å². The standard InChI is InChI=1S/C22H29N3O/c1-2-3-12-23-21-17-20(9-13-24-21)22(26)25-14-10-19(11-15-25)16-18-7-5-4-6-8-18/h4-9,13,17,19H,2-3,10-12,14-16H2,1H3,(H,23,24). The molecule has 0 radical (unpaired) electrons. The number of amides is 1. The van der Waals surface area contributed by atoms with Gasteiger partial charge in [-0.05, 0) is 49.3 Å². The molecule has 1 amide bonds. The lowest BCUT2D eigenvalue weighted by Gasteiger charge is -2.32. The highest BCUT2D eigenvalue weighted by molar-refractivity contribution is 5.94. The fourth-order valence-corrected chi connectivity index (χ4v) is 3.52. The van der Waals surface area contributed by atoms with E-state index in [9.17, 15) is 4.79 Å². The Labute approximate surface area is 156 Å². The predicted octanol–water partition coefficient (Wildman–Crippen LogP) is 4.39. The fourth-order valence-electron chi connectivity index (χ4n) is 3.52. The molecule has 26 heavy (non-hydrogen) atoms. The number of pyridine rings is 1. The number of hydrogen-bond donors (Lipinski definition) is 1. The number of benzene rings is 1. The van der Waals surface area contributed by atoms with Gasteiger partial charge < -0.3 is 10.2 Å². The van der Waals surface area contributed by atoms with Crippen molar-refractivity contribution in [2.45, 2.75) is 39.0 Å². The van der Waals surface area contributed by atoms with Crippen LogP contribution in [0.25, 0.3) is 0 Å². The van der Waals surface area contributed by atoms with Crippen LogP contribution < -0.4 is 5.32 Å². The number of aromatic nitrogens is 1. The lowest BCUT2D eigenvalue weighted by molar-refractivity contribution is 0.0690. The molecule has 0 saturated carbocycles. The molecule has 1 aromatic heterocycles. The topological polar surface area (TPSA) is 45.2 Å². The molecular weight excluding hydrogens is 322 g/mol. The molecular formula is C22H29N3O. The molecule has 1 saturated heterocycles. The minimum Gasteiger partial charge on any atom is -0.370 e. The van der Waals surface area contributed by atoms with Crippen LogP contribution >= 0.6 is 0 Å². The first-order valence-electron chi connectivity index (χ1n) is 9.79. The van der Waals surface area contributed by atoms with Crippen LogP contribution in [-0.4, -0.2) is 35.4 Å². The number of nitrogens with one attached hydrogen (secondary N) is 1. The van der Waals surface area contributed by atoms with Gasteiger partial charge in [0.1, 0.15) is 5.82 Å². The van der Waals surface area contributed by atoms with Gasteiger partial charge in [-0.25, -0.2) is 4.98 Å². The van der Waals surface area contributed by atoms with Gasteiger partial charge in [-0.15, -0.1) is 0 Å². The van der Waals surface area contributed by atoms with E-state index in [0.29, 0.717) is 5.92 Å². The molecule has 2 aromatic rings. The van der Waals surface area contributed by atoms with Crippen LogP contribution in [0.1, 0.15) is 48.5 Å². The van der Waals surface area contributed by atoms with Crippen LogP contribution in [0.3, 0.4) is 0 Å². The molecule has 0 bridgehead atoms. The summed E-state index contributed by atoms with van der Waals surface area (Å²) in [5.41, 5.74) is 2.13. The average molecular weight is 351 g/mol. The highest BCUT2D eigenvalue weighted by atomic mass is 16.2. The SMILES string of the molecule is CCCCNc1cc(C(=O)N2CCC(Cc3ccccc3)CC2)ccn1. The van der Waals surface area contributed by atoms with Crippen molar-refractivity contribution >= 4 is 11.7 Å². The number of hydrogen-bond acceptors (Lipinski definition) is 3. The van der Waals surface area contributed by atoms with E-state index >= 15 is 0 Å². The third-order valence-corrected chi connectivity index (χ3v) is 5.11. The third-order valence-electron chi connectivity index (χ3n) is 5.11. The predicted molar refractivity (Wildman–Crippen MR) is 106 cm³/mol. The Balaban J connectivity index is 1.52. The second-order valence-electron chi connectivity index (χ2n) is 7.14. The van der Waals surface area contributed by atoms with E-state index in [-0.39, 0.29) is 5.91 Å². The summed E-state index contributed by atoms with van der Waals surface area (Å²) in [6.07, 6.45) is 7.24. The van der Waals surface area contributed by atoms with E-state index in [1.54, 1.807) is 6.20 Å². The van der Waals surface area contributed by atoms with Gasteiger partial charge in [0.05, 0.1) is 0 Å². The average Bonchev–Trinajstić information content (AvgIpc) is 2.69. The first-order valence-corrected chi connectivity index (χ1v) is 9.79. The van der Waals surface area contributed by atoms with Crippen LogP contribution in [-0.2, 0) is 6.42 Å². The Bertz CT molecular complexity index is 694. The highest BCUT2D eigenvalue weighted by Gasteiger charge is 2.24. The van der Waals surface area contributed by atoms with Gasteiger partial charge in [-0.1, -0.05) is 43.7 Å². The monoisotopic (exact) mass is 351 g/mol. The maximum atomic E-state index is 12.8. The normalized spacial score (nSPS) is 15.0. The molecule has 0 spiro atoms. The molecule has 1 aromatic carbocycles. The third kappa shape index (κ3) is 5.07. The van der Waals surface area contributed by atoms with Crippen LogP contribution in [0.5, 0.6) is 0 Å². The molecule has 1 aliphatic heterocycles. The summed E-state index contributed by atoms with van der Waals surface area (Å²) in [5.74, 6) is 1.59. The summed E-state index contributed by atoms with van der Waals surface area (Å²) >= 11 is 0. The van der Waals surface area contributed by atoms with Crippen molar-refractivity contribution in [3.63, 3.8) is 0 Å². The first-order chi connectivity index (χ1) is 12.8. The number of carbonyl (C=O) groups is 1. The maximum Gasteiger partial charge on any atom is 0.254 e. The van der Waals surface area contributed by atoms with Crippen LogP contribution in [0.2, 0.25) is 0 Å². The second-order valence-corrected chi connectivity index (χ2v) is 7.14. The maximum absolute atomic E-state index is 12.8. The zero-order chi connectivity index (χ0) is 18.2. The van der Waals surface area contributed by atoms with Gasteiger partial charge in [-0.2, -0.15) is 0 Å². The van der Waals surface area contributed by atoms with Crippen molar-refractivity contribution in [1.82, 2.24) is 9.88 Å². The summed E-state index contributed by atoms with van der Waals surface area (Å²) in [7, 11) is 0. The molecule has 1 aliphatic rings. The van der Waals surface area contributed by atoms with E-state index in [0.717, 1.165) is 63.1 Å². The lowest BCUT2D eigenvalue weighted by atomic mass is 9.90. The zero-order valence-electron chi connectivity index (χ0n) is 15.7. The summed E-state index contributed by atoms with van der Waals surface area (Å²) in [4.78, 5) is 19.1. The summed E-state index contributed by atoms with van der Waals surface area (Å²) < 4.78 is 0. The number of rotatable bonds is 7. The Morgan fingerprint density at radius 1 is 1.19 bits per heavy atom. The van der Waals surface area contributed by atoms with Crippen LogP contribution in [0.15, 0.2) is 48.7 Å². The van der Waals surface area contributed by atoms with Gasteiger partial charge in [0, 0.05) is 31.4 Å². The molecule has 1 fully saturated rings. The van der Waals surface area contributed by atoms with E-state index in [1.807, 2.05) is 17.0 Å². The van der Waals surface area contributed by atoms with E-state index in [2.05, 4.69) is 47.6 Å². The number of likely N-dealkylation sites (tertiary alicyclic amines) is 1. The molecule has 0 unspecified atom stereocenters.